The van der Waals surface area contributed by atoms with E-state index in [0.29, 0.717) is 39.0 Å². The Morgan fingerprint density at radius 2 is 2.07 bits per heavy atom. The molecule has 0 fully saturated rings. The third-order valence-electron chi connectivity index (χ3n) is 3.79. The van der Waals surface area contributed by atoms with Crippen LogP contribution >= 0.6 is 40.1 Å². The van der Waals surface area contributed by atoms with E-state index in [1.165, 1.54) is 11.9 Å². The largest absolute Gasteiger partial charge is 0.352 e. The number of hydrogen-bond donors (Lipinski definition) is 0. The summed E-state index contributed by atoms with van der Waals surface area (Å²) in [6.45, 7) is 11.4. The predicted octanol–water partition coefficient (Wildman–Crippen LogP) is 5.27. The molecule has 1 aromatic heterocycles. The minimum Gasteiger partial charge on any atom is -0.352 e. The van der Waals surface area contributed by atoms with E-state index >= 15 is 0 Å². The lowest BCUT2D eigenvalue weighted by Crippen LogP contribution is -2.32. The number of imidazole rings is 1. The van der Waals surface area contributed by atoms with Crippen LogP contribution in [0.4, 0.5) is 5.82 Å². The molecular weight excluding hydrogens is 538 g/mol. The smallest absolute Gasteiger partial charge is 0.274 e. The maximum Gasteiger partial charge on any atom is 0.274 e. The van der Waals surface area contributed by atoms with Gasteiger partial charge < -0.3 is 18.9 Å². The first-order valence-electron chi connectivity index (χ1n) is 9.52. The molecule has 0 bridgehead atoms. The molecule has 0 saturated carbocycles. The molecule has 0 aliphatic rings. The molecule has 1 atom stereocenters. The number of nitrogens with zero attached hydrogens (tertiary/aromatic N) is 4. The molecule has 0 N–H and O–H groups in total. The van der Waals surface area contributed by atoms with E-state index in [-0.39, 0.29) is 22.7 Å². The lowest BCUT2D eigenvalue weighted by atomic mass is 10.2. The van der Waals surface area contributed by atoms with E-state index in [2.05, 4.69) is 33.6 Å². The van der Waals surface area contributed by atoms with Gasteiger partial charge in [0, 0.05) is 20.6 Å². The van der Waals surface area contributed by atoms with Gasteiger partial charge in [-0.3, -0.25) is 9.59 Å². The van der Waals surface area contributed by atoms with Crippen molar-refractivity contribution >= 4 is 58.2 Å². The zero-order chi connectivity index (χ0) is 23.1. The Labute approximate surface area is 199 Å². The topological polar surface area (TPSA) is 67.7 Å². The van der Waals surface area contributed by atoms with Gasteiger partial charge in [0.05, 0.1) is 19.6 Å². The number of rotatable bonds is 12. The highest BCUT2D eigenvalue weighted by Gasteiger charge is 2.27. The molecule has 0 spiro atoms. The van der Waals surface area contributed by atoms with Gasteiger partial charge in [-0.1, -0.05) is 44.7 Å². The summed E-state index contributed by atoms with van der Waals surface area (Å²) in [7, 11) is 3.24. The summed E-state index contributed by atoms with van der Waals surface area (Å²) in [4.78, 5) is 31.5. The summed E-state index contributed by atoms with van der Waals surface area (Å²) in [5.74, 6) is -0.0428. The fourth-order valence-electron chi connectivity index (χ4n) is 2.47. The molecule has 0 radical (unpaired) electrons. The van der Waals surface area contributed by atoms with Crippen LogP contribution in [0.5, 0.6) is 0 Å². The van der Waals surface area contributed by atoms with Crippen molar-refractivity contribution in [2.75, 3.05) is 32.1 Å². The number of aromatic nitrogens is 2. The van der Waals surface area contributed by atoms with Gasteiger partial charge in [-0.25, -0.2) is 0 Å². The fraction of sp³-hybridized carbons (Fsp3) is 0.450. The van der Waals surface area contributed by atoms with Crippen LogP contribution in [0.1, 0.15) is 37.7 Å². The van der Waals surface area contributed by atoms with Gasteiger partial charge >= 0.3 is 0 Å². The van der Waals surface area contributed by atoms with E-state index in [4.69, 9.17) is 16.1 Å². The van der Waals surface area contributed by atoms with E-state index in [9.17, 15) is 9.59 Å². The van der Waals surface area contributed by atoms with Crippen LogP contribution in [0.25, 0.3) is 0 Å². The van der Waals surface area contributed by atoms with E-state index < -0.39 is 0 Å². The summed E-state index contributed by atoms with van der Waals surface area (Å²) >= 11 is 8.49. The molecule has 1 rings (SSSR count). The minimum atomic E-state index is -0.265. The number of carbonyl (C=O) groups excluding carboxylic acids is 2. The number of halogens is 2. The third kappa shape index (κ3) is 8.88. The Balaban J connectivity index is 0.00000407. The summed E-state index contributed by atoms with van der Waals surface area (Å²) < 4.78 is 6.95. The molecule has 2 amide bonds. The first-order valence-corrected chi connectivity index (χ1v) is 13.9. The summed E-state index contributed by atoms with van der Waals surface area (Å²) in [5.41, 5.74) is 1.16. The van der Waals surface area contributed by atoms with Crippen molar-refractivity contribution in [3.05, 3.63) is 47.4 Å². The monoisotopic (exact) mass is 568 g/mol. The Morgan fingerprint density at radius 1 is 1.40 bits per heavy atom. The number of carbonyl (C=O) groups is 2. The van der Waals surface area contributed by atoms with Crippen molar-refractivity contribution in [1.29, 1.82) is 0 Å². The normalized spacial score (nSPS) is 11.5. The van der Waals surface area contributed by atoms with Crippen molar-refractivity contribution in [3.8, 4) is 0 Å². The Morgan fingerprint density at radius 3 is 2.60 bits per heavy atom. The van der Waals surface area contributed by atoms with Crippen LogP contribution in [0.15, 0.2) is 36.5 Å². The molecule has 10 heteroatoms. The van der Waals surface area contributed by atoms with E-state index in [1.54, 1.807) is 22.6 Å². The van der Waals surface area contributed by atoms with Gasteiger partial charge in [0.25, 0.3) is 5.91 Å². The molecular formula is C20H31ClIN4O3P. The zero-order valence-electron chi connectivity index (χ0n) is 18.2. The number of anilines is 1. The van der Waals surface area contributed by atoms with Gasteiger partial charge in [0.15, 0.2) is 11.5 Å². The number of hydrogen-bond acceptors (Lipinski definition) is 4. The molecule has 0 aliphatic carbocycles. The van der Waals surface area contributed by atoms with Crippen LogP contribution in [-0.4, -0.2) is 54.0 Å². The van der Waals surface area contributed by atoms with Crippen LogP contribution < -0.4 is 4.90 Å². The molecule has 1 heterocycles. The van der Waals surface area contributed by atoms with Crippen LogP contribution in [0.3, 0.4) is 0 Å². The van der Waals surface area contributed by atoms with Crippen LogP contribution in [0.2, 0.25) is 5.28 Å². The van der Waals surface area contributed by atoms with E-state index in [0.717, 1.165) is 5.57 Å². The molecule has 0 aromatic carbocycles. The number of amides is 2. The molecule has 0 saturated heterocycles. The second kappa shape index (κ2) is 16.5. The highest BCUT2D eigenvalue weighted by molar-refractivity contribution is 14.2. The summed E-state index contributed by atoms with van der Waals surface area (Å²) in [5, 5.41) is 0.134. The van der Waals surface area contributed by atoms with Gasteiger partial charge in [0.1, 0.15) is 0 Å². The fourth-order valence-corrected chi connectivity index (χ4v) is 3.58. The minimum absolute atomic E-state index is 0.134. The zero-order valence-corrected chi connectivity index (χ0v) is 22.1. The van der Waals surface area contributed by atoms with Gasteiger partial charge in [-0.15, -0.1) is 0 Å². The average molecular weight is 569 g/mol. The Bertz CT molecular complexity index is 753. The molecule has 168 valence electrons. The maximum atomic E-state index is 13.1. The SMILES string of the molecule is C=C/C=C(\C=C/C)Cn1c(Cl)nc(N(C)C=O)c1C(=O)N(C)CCCOPI.CC. The molecule has 0 aliphatic heterocycles. The highest BCUT2D eigenvalue weighted by Crippen LogP contribution is 2.26. The standard InChI is InChI=1S/C18H25ClIN4O3P.C2H6/c1-5-8-14(9-6-2)12-24-15(16(21-18(24)19)23(4)13-25)17(26)22(3)10-7-11-27-28-20;1-2/h5-6,8-9,13,28H,1,7,10-12H2,2-4H3;1-2H3/b9-6-,14-8+;. The first kappa shape index (κ1) is 28.8. The molecule has 1 aromatic rings. The average Bonchev–Trinajstić information content (AvgIpc) is 3.07. The van der Waals surface area contributed by atoms with Gasteiger partial charge in [-0.2, -0.15) is 4.98 Å². The summed E-state index contributed by atoms with van der Waals surface area (Å²) in [6.07, 6.45) is 8.60. The predicted molar refractivity (Wildman–Crippen MR) is 136 cm³/mol. The summed E-state index contributed by atoms with van der Waals surface area (Å²) in [6, 6.07) is 0. The molecule has 30 heavy (non-hydrogen) atoms. The first-order chi connectivity index (χ1) is 14.4. The lowest BCUT2D eigenvalue weighted by molar-refractivity contribution is -0.107. The van der Waals surface area contributed by atoms with Crippen molar-refractivity contribution in [2.45, 2.75) is 33.7 Å². The van der Waals surface area contributed by atoms with Crippen LogP contribution in [0, 0.1) is 0 Å². The van der Waals surface area contributed by atoms with Crippen LogP contribution in [-0.2, 0) is 15.9 Å². The second-order valence-corrected chi connectivity index (χ2v) is 7.94. The van der Waals surface area contributed by atoms with Crippen molar-refractivity contribution in [1.82, 2.24) is 14.5 Å². The van der Waals surface area contributed by atoms with Crippen molar-refractivity contribution in [2.24, 2.45) is 0 Å². The second-order valence-electron chi connectivity index (χ2n) is 5.84. The van der Waals surface area contributed by atoms with Gasteiger partial charge in [-0.05, 0) is 52.6 Å². The maximum absolute atomic E-state index is 13.1. The third-order valence-corrected chi connectivity index (χ3v) is 5.33. The molecule has 1 unspecified atom stereocenters. The number of allylic oxidation sites excluding steroid dienone is 5. The Hall–Kier alpha value is -1.22. The molecule has 7 nitrogen and oxygen atoms in total. The van der Waals surface area contributed by atoms with Crippen molar-refractivity contribution < 1.29 is 14.1 Å². The van der Waals surface area contributed by atoms with Gasteiger partial charge in [0.2, 0.25) is 11.7 Å². The quantitative estimate of drug-likeness (QED) is 0.113. The van der Waals surface area contributed by atoms with E-state index in [1.807, 2.05) is 39.0 Å². The Kier molecular flexibility index (Phi) is 15.8. The highest BCUT2D eigenvalue weighted by atomic mass is 127. The van der Waals surface area contributed by atoms with Crippen molar-refractivity contribution in [3.63, 3.8) is 0 Å². The lowest BCUT2D eigenvalue weighted by Gasteiger charge is -2.20.